The average molecular weight is 387 g/mol. The van der Waals surface area contributed by atoms with Crippen LogP contribution >= 0.6 is 15.9 Å². The van der Waals surface area contributed by atoms with Gasteiger partial charge in [0.15, 0.2) is 5.65 Å². The van der Waals surface area contributed by atoms with E-state index < -0.39 is 5.97 Å². The first-order valence-electron chi connectivity index (χ1n) is 7.39. The van der Waals surface area contributed by atoms with E-state index in [-0.39, 0.29) is 0 Å². The Morgan fingerprint density at radius 2 is 2.17 bits per heavy atom. The summed E-state index contributed by atoms with van der Waals surface area (Å²) in [6, 6.07) is 1.95. The third-order valence-corrected chi connectivity index (χ3v) is 4.13. The lowest BCUT2D eigenvalue weighted by molar-refractivity contribution is -0.131. The standard InChI is InChI=1S/C17H15BrN4O2/c1-3-22-17-14(9-20-22)16(11-6-12(18)8-19-7-11)13(10(2)21-17)4-5-15(23)24/h4-9H,3H2,1-2H3,(H,23,24). The van der Waals surface area contributed by atoms with E-state index >= 15 is 0 Å². The second-order valence-electron chi connectivity index (χ2n) is 5.25. The lowest BCUT2D eigenvalue weighted by Crippen LogP contribution is -2.01. The number of rotatable bonds is 4. The van der Waals surface area contributed by atoms with E-state index in [1.54, 1.807) is 24.7 Å². The molecule has 0 saturated heterocycles. The number of aliphatic carboxylic acids is 1. The monoisotopic (exact) mass is 386 g/mol. The summed E-state index contributed by atoms with van der Waals surface area (Å²) in [7, 11) is 0. The first kappa shape index (κ1) is 16.3. The van der Waals surface area contributed by atoms with Gasteiger partial charge in [0, 0.05) is 57.3 Å². The van der Waals surface area contributed by atoms with Crippen LogP contribution in [0.2, 0.25) is 0 Å². The summed E-state index contributed by atoms with van der Waals surface area (Å²) in [5.41, 5.74) is 4.02. The Labute approximate surface area is 147 Å². The lowest BCUT2D eigenvalue weighted by atomic mass is 9.97. The molecule has 3 heterocycles. The molecule has 0 bridgehead atoms. The molecular formula is C17H15BrN4O2. The fourth-order valence-corrected chi connectivity index (χ4v) is 3.03. The van der Waals surface area contributed by atoms with Crippen molar-refractivity contribution in [3.8, 4) is 11.1 Å². The average Bonchev–Trinajstić information content (AvgIpc) is 2.94. The van der Waals surface area contributed by atoms with Gasteiger partial charge in [0.25, 0.3) is 0 Å². The van der Waals surface area contributed by atoms with Crippen LogP contribution in [0, 0.1) is 6.92 Å². The molecule has 0 aliphatic rings. The van der Waals surface area contributed by atoms with E-state index in [4.69, 9.17) is 5.11 Å². The van der Waals surface area contributed by atoms with Crippen molar-refractivity contribution in [2.45, 2.75) is 20.4 Å². The van der Waals surface area contributed by atoms with Crippen LogP contribution in [0.25, 0.3) is 28.2 Å². The SMILES string of the molecule is CCn1ncc2c(-c3cncc(Br)c3)c(C=CC(=O)O)c(C)nc21. The Bertz CT molecular complexity index is 963. The first-order chi connectivity index (χ1) is 11.5. The van der Waals surface area contributed by atoms with Crippen molar-refractivity contribution in [3.05, 3.63) is 46.5 Å². The molecule has 122 valence electrons. The second kappa shape index (κ2) is 6.52. The summed E-state index contributed by atoms with van der Waals surface area (Å²) in [6.07, 6.45) is 7.91. The third-order valence-electron chi connectivity index (χ3n) is 3.70. The summed E-state index contributed by atoms with van der Waals surface area (Å²) in [4.78, 5) is 19.8. The van der Waals surface area contributed by atoms with Gasteiger partial charge >= 0.3 is 5.97 Å². The zero-order valence-electron chi connectivity index (χ0n) is 13.2. The van der Waals surface area contributed by atoms with Crippen LogP contribution in [0.15, 0.2) is 35.2 Å². The van der Waals surface area contributed by atoms with Gasteiger partial charge in [-0.3, -0.25) is 4.98 Å². The zero-order valence-corrected chi connectivity index (χ0v) is 14.8. The molecule has 0 unspecified atom stereocenters. The maximum Gasteiger partial charge on any atom is 0.328 e. The fraction of sp³-hybridized carbons (Fsp3) is 0.176. The normalized spacial score (nSPS) is 11.5. The molecule has 0 radical (unpaired) electrons. The van der Waals surface area contributed by atoms with Crippen LogP contribution in [0.4, 0.5) is 0 Å². The third kappa shape index (κ3) is 2.94. The number of aromatic nitrogens is 4. The van der Waals surface area contributed by atoms with Crippen LogP contribution < -0.4 is 0 Å². The fourth-order valence-electron chi connectivity index (χ4n) is 2.67. The Morgan fingerprint density at radius 3 is 2.83 bits per heavy atom. The van der Waals surface area contributed by atoms with E-state index in [1.165, 1.54) is 0 Å². The maximum atomic E-state index is 11.0. The Morgan fingerprint density at radius 1 is 1.38 bits per heavy atom. The Kier molecular flexibility index (Phi) is 4.44. The number of pyridine rings is 2. The highest BCUT2D eigenvalue weighted by atomic mass is 79.9. The van der Waals surface area contributed by atoms with Crippen LogP contribution in [-0.2, 0) is 11.3 Å². The summed E-state index contributed by atoms with van der Waals surface area (Å²) in [5.74, 6) is -1.00. The van der Waals surface area contributed by atoms with Crippen molar-refractivity contribution in [1.82, 2.24) is 19.7 Å². The quantitative estimate of drug-likeness (QED) is 0.691. The molecule has 24 heavy (non-hydrogen) atoms. The van der Waals surface area contributed by atoms with Crippen molar-refractivity contribution in [3.63, 3.8) is 0 Å². The lowest BCUT2D eigenvalue weighted by Gasteiger charge is -2.11. The molecule has 0 fully saturated rings. The number of fused-ring (bicyclic) bond motifs is 1. The number of aryl methyl sites for hydroxylation is 2. The summed E-state index contributed by atoms with van der Waals surface area (Å²) in [5, 5.41) is 14.2. The highest BCUT2D eigenvalue weighted by Gasteiger charge is 2.17. The second-order valence-corrected chi connectivity index (χ2v) is 6.16. The zero-order chi connectivity index (χ0) is 17.3. The smallest absolute Gasteiger partial charge is 0.328 e. The first-order valence-corrected chi connectivity index (χ1v) is 8.18. The van der Waals surface area contributed by atoms with Gasteiger partial charge in [-0.25, -0.2) is 14.5 Å². The minimum absolute atomic E-state index is 0.705. The van der Waals surface area contributed by atoms with Gasteiger partial charge < -0.3 is 5.11 Å². The van der Waals surface area contributed by atoms with Crippen molar-refractivity contribution in [2.75, 3.05) is 0 Å². The van der Waals surface area contributed by atoms with Crippen molar-refractivity contribution < 1.29 is 9.90 Å². The van der Waals surface area contributed by atoms with E-state index in [0.29, 0.717) is 6.54 Å². The highest BCUT2D eigenvalue weighted by Crippen LogP contribution is 2.34. The summed E-state index contributed by atoms with van der Waals surface area (Å²) in [6.45, 7) is 4.57. The molecule has 0 aliphatic heterocycles. The number of hydrogen-bond donors (Lipinski definition) is 1. The predicted octanol–water partition coefficient (Wildman–Crippen LogP) is 3.68. The molecular weight excluding hydrogens is 372 g/mol. The number of hydrogen-bond acceptors (Lipinski definition) is 4. The predicted molar refractivity (Wildman–Crippen MR) is 95.5 cm³/mol. The van der Waals surface area contributed by atoms with E-state index in [9.17, 15) is 4.79 Å². The largest absolute Gasteiger partial charge is 0.478 e. The molecule has 0 aromatic carbocycles. The van der Waals surface area contributed by atoms with Gasteiger partial charge in [-0.15, -0.1) is 0 Å². The van der Waals surface area contributed by atoms with Crippen LogP contribution in [0.1, 0.15) is 18.2 Å². The molecule has 6 nitrogen and oxygen atoms in total. The van der Waals surface area contributed by atoms with Crippen LogP contribution in [0.5, 0.6) is 0 Å². The molecule has 0 atom stereocenters. The van der Waals surface area contributed by atoms with E-state index in [2.05, 4.69) is 31.0 Å². The molecule has 0 spiro atoms. The van der Waals surface area contributed by atoms with Gasteiger partial charge in [0.2, 0.25) is 0 Å². The molecule has 3 rings (SSSR count). The van der Waals surface area contributed by atoms with Gasteiger partial charge in [-0.05, 0) is 41.9 Å². The minimum Gasteiger partial charge on any atom is -0.478 e. The van der Waals surface area contributed by atoms with Crippen molar-refractivity contribution in [2.24, 2.45) is 0 Å². The number of halogens is 1. The molecule has 0 amide bonds. The highest BCUT2D eigenvalue weighted by molar-refractivity contribution is 9.10. The number of nitrogens with zero attached hydrogens (tertiary/aromatic N) is 4. The van der Waals surface area contributed by atoms with Gasteiger partial charge in [0.05, 0.1) is 6.20 Å². The number of carboxylic acid groups (broad SMARTS) is 1. The number of carboxylic acids is 1. The van der Waals surface area contributed by atoms with Crippen LogP contribution in [-0.4, -0.2) is 30.8 Å². The van der Waals surface area contributed by atoms with Gasteiger partial charge in [0.1, 0.15) is 0 Å². The Balaban J connectivity index is 2.38. The summed E-state index contributed by atoms with van der Waals surface area (Å²) < 4.78 is 2.67. The van der Waals surface area contributed by atoms with Crippen LogP contribution in [0.3, 0.4) is 0 Å². The van der Waals surface area contributed by atoms with E-state index in [1.807, 2.05) is 24.6 Å². The van der Waals surface area contributed by atoms with E-state index in [0.717, 1.165) is 44.0 Å². The Hall–Kier alpha value is -2.54. The molecule has 3 aromatic rings. The summed E-state index contributed by atoms with van der Waals surface area (Å²) >= 11 is 3.44. The molecule has 0 aliphatic carbocycles. The maximum absolute atomic E-state index is 11.0. The molecule has 3 aromatic heterocycles. The van der Waals surface area contributed by atoms with Crippen molar-refractivity contribution >= 4 is 39.0 Å². The molecule has 7 heteroatoms. The minimum atomic E-state index is -1.00. The van der Waals surface area contributed by atoms with Gasteiger partial charge in [-0.1, -0.05) is 0 Å². The molecule has 0 saturated carbocycles. The topological polar surface area (TPSA) is 80.9 Å². The van der Waals surface area contributed by atoms with Gasteiger partial charge in [-0.2, -0.15) is 5.10 Å². The number of carbonyl (C=O) groups is 1. The molecule has 1 N–H and O–H groups in total. The van der Waals surface area contributed by atoms with Crippen molar-refractivity contribution in [1.29, 1.82) is 0 Å².